The van der Waals surface area contributed by atoms with Gasteiger partial charge in [-0.15, -0.1) is 0 Å². The monoisotopic (exact) mass is 435 g/mol. The average Bonchev–Trinajstić information content (AvgIpc) is 2.69. The van der Waals surface area contributed by atoms with Gasteiger partial charge in [0.05, 0.1) is 37.3 Å². The highest BCUT2D eigenvalue weighted by atomic mass is 35.5. The highest BCUT2D eigenvalue weighted by molar-refractivity contribution is 7.89. The van der Waals surface area contributed by atoms with Crippen molar-refractivity contribution in [3.8, 4) is 0 Å². The van der Waals surface area contributed by atoms with E-state index in [4.69, 9.17) is 11.6 Å². The predicted octanol–water partition coefficient (Wildman–Crippen LogP) is 0.688. The zero-order valence-electron chi connectivity index (χ0n) is 16.1. The number of benzene rings is 2. The smallest absolute Gasteiger partial charge is 0.295 e. The quantitative estimate of drug-likeness (QED) is 0.517. The maximum atomic E-state index is 12.7. The van der Waals surface area contributed by atoms with Crippen LogP contribution in [0, 0.1) is 6.92 Å². The van der Waals surface area contributed by atoms with Crippen molar-refractivity contribution >= 4 is 33.7 Å². The number of sulfonamides is 1. The van der Waals surface area contributed by atoms with Gasteiger partial charge in [-0.2, -0.15) is 9.41 Å². The van der Waals surface area contributed by atoms with Crippen molar-refractivity contribution in [2.75, 3.05) is 32.7 Å². The summed E-state index contributed by atoms with van der Waals surface area (Å²) < 4.78 is 27.0. The van der Waals surface area contributed by atoms with Gasteiger partial charge in [-0.3, -0.25) is 4.79 Å². The molecule has 1 fully saturated rings. The van der Waals surface area contributed by atoms with Gasteiger partial charge in [0, 0.05) is 5.02 Å². The Morgan fingerprint density at radius 2 is 1.90 bits per heavy atom. The Labute approximate surface area is 176 Å². The van der Waals surface area contributed by atoms with Crippen LogP contribution < -0.4 is 10.3 Å². The molecule has 0 spiro atoms. The zero-order chi connectivity index (χ0) is 20.9. The number of nitrogens with zero attached hydrogens (tertiary/aromatic N) is 2. The third kappa shape index (κ3) is 5.86. The SMILES string of the molecule is Cc1ccc(S(=O)(=O)N2CC[NH+](CC(=O)NN=Cc3cccc(Cl)c3)CC2)cc1. The molecule has 29 heavy (non-hydrogen) atoms. The second kappa shape index (κ2) is 9.49. The van der Waals surface area contributed by atoms with Gasteiger partial charge in [-0.1, -0.05) is 41.4 Å². The molecule has 0 radical (unpaired) electrons. The Hall–Kier alpha value is -2.26. The summed E-state index contributed by atoms with van der Waals surface area (Å²) in [4.78, 5) is 13.4. The summed E-state index contributed by atoms with van der Waals surface area (Å²) in [6.07, 6.45) is 1.53. The minimum atomic E-state index is -3.49. The van der Waals surface area contributed by atoms with Crippen LogP contribution in [-0.2, 0) is 14.8 Å². The standard InChI is InChI=1S/C20H23ClN4O3S/c1-16-5-7-19(8-6-16)29(27,28)25-11-9-24(10-12-25)15-20(26)23-22-14-17-3-2-4-18(21)13-17/h2-8,13-14H,9-12,15H2,1H3,(H,23,26)/p+1. The first-order valence-corrected chi connectivity index (χ1v) is 11.1. The third-order valence-electron chi connectivity index (χ3n) is 4.75. The van der Waals surface area contributed by atoms with Gasteiger partial charge in [0.25, 0.3) is 5.91 Å². The number of hydrazone groups is 1. The van der Waals surface area contributed by atoms with Gasteiger partial charge in [-0.05, 0) is 36.8 Å². The average molecular weight is 436 g/mol. The molecule has 154 valence electrons. The van der Waals surface area contributed by atoms with E-state index in [1.165, 1.54) is 10.5 Å². The van der Waals surface area contributed by atoms with Crippen LogP contribution in [-0.4, -0.2) is 57.6 Å². The van der Waals surface area contributed by atoms with E-state index >= 15 is 0 Å². The molecule has 0 atom stereocenters. The molecular formula is C20H24ClN4O3S+. The van der Waals surface area contributed by atoms with Gasteiger partial charge < -0.3 is 4.90 Å². The molecule has 0 unspecified atom stereocenters. The second-order valence-corrected chi connectivity index (χ2v) is 9.37. The lowest BCUT2D eigenvalue weighted by Crippen LogP contribution is -3.15. The van der Waals surface area contributed by atoms with E-state index in [2.05, 4.69) is 10.5 Å². The van der Waals surface area contributed by atoms with Crippen LogP contribution in [0.15, 0.2) is 58.5 Å². The van der Waals surface area contributed by atoms with Crippen LogP contribution in [0.2, 0.25) is 5.02 Å². The Morgan fingerprint density at radius 3 is 2.55 bits per heavy atom. The number of amides is 1. The van der Waals surface area contributed by atoms with Gasteiger partial charge in [0.2, 0.25) is 10.0 Å². The van der Waals surface area contributed by atoms with Gasteiger partial charge in [0.15, 0.2) is 6.54 Å². The minimum absolute atomic E-state index is 0.215. The van der Waals surface area contributed by atoms with Crippen LogP contribution >= 0.6 is 11.6 Å². The summed E-state index contributed by atoms with van der Waals surface area (Å²) in [5, 5.41) is 4.55. The Kier molecular flexibility index (Phi) is 7.02. The first-order chi connectivity index (χ1) is 13.8. The molecule has 1 heterocycles. The summed E-state index contributed by atoms with van der Waals surface area (Å²) >= 11 is 5.91. The van der Waals surface area contributed by atoms with E-state index in [0.717, 1.165) is 16.0 Å². The number of hydrogen-bond acceptors (Lipinski definition) is 4. The lowest BCUT2D eigenvalue weighted by molar-refractivity contribution is -0.895. The number of carbonyl (C=O) groups excluding carboxylic acids is 1. The summed E-state index contributed by atoms with van der Waals surface area (Å²) in [7, 11) is -3.49. The lowest BCUT2D eigenvalue weighted by Gasteiger charge is -2.31. The molecule has 1 aliphatic rings. The third-order valence-corrected chi connectivity index (χ3v) is 6.90. The van der Waals surface area contributed by atoms with E-state index in [9.17, 15) is 13.2 Å². The molecule has 0 saturated carbocycles. The first-order valence-electron chi connectivity index (χ1n) is 9.32. The van der Waals surface area contributed by atoms with E-state index in [1.807, 2.05) is 13.0 Å². The summed E-state index contributed by atoms with van der Waals surface area (Å²) in [5.41, 5.74) is 4.31. The fourth-order valence-corrected chi connectivity index (χ4v) is 4.75. The number of hydrogen-bond donors (Lipinski definition) is 2. The molecule has 1 aliphatic heterocycles. The Bertz CT molecular complexity index is 985. The molecule has 0 aromatic heterocycles. The van der Waals surface area contributed by atoms with E-state index in [-0.39, 0.29) is 12.5 Å². The van der Waals surface area contributed by atoms with Crippen molar-refractivity contribution < 1.29 is 18.1 Å². The molecule has 1 amide bonds. The van der Waals surface area contributed by atoms with Gasteiger partial charge in [-0.25, -0.2) is 13.8 Å². The minimum Gasteiger partial charge on any atom is -0.325 e. The van der Waals surface area contributed by atoms with Crippen molar-refractivity contribution in [3.05, 3.63) is 64.7 Å². The molecule has 2 aromatic rings. The van der Waals surface area contributed by atoms with E-state index in [1.54, 1.807) is 42.5 Å². The fourth-order valence-electron chi connectivity index (χ4n) is 3.11. The Morgan fingerprint density at radius 1 is 1.21 bits per heavy atom. The normalized spacial score (nSPS) is 16.2. The van der Waals surface area contributed by atoms with Crippen molar-refractivity contribution in [1.29, 1.82) is 0 Å². The maximum absolute atomic E-state index is 12.7. The molecule has 3 rings (SSSR count). The van der Waals surface area contributed by atoms with Gasteiger partial charge >= 0.3 is 0 Å². The highest BCUT2D eigenvalue weighted by Crippen LogP contribution is 2.16. The molecule has 2 N–H and O–H groups in total. The van der Waals surface area contributed by atoms with Crippen LogP contribution in [0.1, 0.15) is 11.1 Å². The zero-order valence-corrected chi connectivity index (χ0v) is 17.7. The summed E-state index contributed by atoms with van der Waals surface area (Å²) in [6.45, 7) is 4.05. The molecule has 0 aliphatic carbocycles. The van der Waals surface area contributed by atoms with Crippen LogP contribution in [0.5, 0.6) is 0 Å². The van der Waals surface area contributed by atoms with Crippen LogP contribution in [0.3, 0.4) is 0 Å². The molecular weight excluding hydrogens is 412 g/mol. The number of quaternary nitrogens is 1. The summed E-state index contributed by atoms with van der Waals surface area (Å²) in [6, 6.07) is 14.0. The largest absolute Gasteiger partial charge is 0.325 e. The number of halogens is 1. The van der Waals surface area contributed by atoms with Gasteiger partial charge in [0.1, 0.15) is 0 Å². The van der Waals surface area contributed by atoms with Crippen molar-refractivity contribution in [3.63, 3.8) is 0 Å². The van der Waals surface area contributed by atoms with E-state index in [0.29, 0.717) is 36.1 Å². The van der Waals surface area contributed by atoms with Crippen molar-refractivity contribution in [2.24, 2.45) is 5.10 Å². The second-order valence-electron chi connectivity index (χ2n) is 6.99. The number of piperazine rings is 1. The Balaban J connectivity index is 1.48. The number of nitrogens with one attached hydrogen (secondary N) is 2. The number of carbonyl (C=O) groups is 1. The molecule has 0 bridgehead atoms. The van der Waals surface area contributed by atoms with Crippen LogP contribution in [0.25, 0.3) is 0 Å². The molecule has 2 aromatic carbocycles. The predicted molar refractivity (Wildman–Crippen MR) is 113 cm³/mol. The highest BCUT2D eigenvalue weighted by Gasteiger charge is 2.31. The topological polar surface area (TPSA) is 83.3 Å². The molecule has 1 saturated heterocycles. The number of aryl methyl sites for hydroxylation is 1. The van der Waals surface area contributed by atoms with E-state index < -0.39 is 10.0 Å². The fraction of sp³-hybridized carbons (Fsp3) is 0.300. The molecule has 9 heteroatoms. The van der Waals surface area contributed by atoms with Crippen LogP contribution in [0.4, 0.5) is 0 Å². The van der Waals surface area contributed by atoms with Crippen molar-refractivity contribution in [2.45, 2.75) is 11.8 Å². The number of rotatable bonds is 6. The summed E-state index contributed by atoms with van der Waals surface area (Å²) in [5.74, 6) is -0.215. The maximum Gasteiger partial charge on any atom is 0.295 e. The van der Waals surface area contributed by atoms with Crippen molar-refractivity contribution in [1.82, 2.24) is 9.73 Å². The first kappa shape index (κ1) is 21.4. The molecule has 7 nitrogen and oxygen atoms in total. The lowest BCUT2D eigenvalue weighted by atomic mass is 10.2.